The second kappa shape index (κ2) is 6.95. The van der Waals surface area contributed by atoms with E-state index in [1.54, 1.807) is 12.1 Å². The van der Waals surface area contributed by atoms with E-state index in [2.05, 4.69) is 4.98 Å². The van der Waals surface area contributed by atoms with Crippen LogP contribution in [-0.4, -0.2) is 59.8 Å². The van der Waals surface area contributed by atoms with E-state index < -0.39 is 11.4 Å². The Bertz CT molecular complexity index is 572. The number of rotatable bonds is 6. The maximum Gasteiger partial charge on any atom is 0.313 e. The van der Waals surface area contributed by atoms with Crippen molar-refractivity contribution in [1.82, 2.24) is 9.88 Å². The zero-order valence-electron chi connectivity index (χ0n) is 13.6. The normalized spacial score (nSPS) is 20.8. The molecule has 1 aliphatic rings. The second-order valence-corrected chi connectivity index (χ2v) is 6.05. The molecule has 1 amide bonds. The fourth-order valence-corrected chi connectivity index (χ4v) is 2.68. The molecule has 0 radical (unpaired) electrons. The lowest BCUT2D eigenvalue weighted by Gasteiger charge is -2.23. The van der Waals surface area contributed by atoms with E-state index in [1.165, 1.54) is 18.2 Å². The van der Waals surface area contributed by atoms with Gasteiger partial charge in [0.15, 0.2) is 0 Å². The van der Waals surface area contributed by atoms with Gasteiger partial charge < -0.3 is 19.5 Å². The number of hydrogen-bond donors (Lipinski definition) is 1. The van der Waals surface area contributed by atoms with E-state index in [4.69, 9.17) is 9.47 Å². The number of methoxy groups -OCH3 is 1. The molecule has 0 bridgehead atoms. The van der Waals surface area contributed by atoms with Crippen LogP contribution in [0.25, 0.3) is 0 Å². The third-order valence-corrected chi connectivity index (χ3v) is 3.86. The molecule has 0 saturated carbocycles. The molecule has 7 nitrogen and oxygen atoms in total. The van der Waals surface area contributed by atoms with Crippen LogP contribution < -0.4 is 4.74 Å². The van der Waals surface area contributed by atoms with Gasteiger partial charge >= 0.3 is 5.97 Å². The van der Waals surface area contributed by atoms with Gasteiger partial charge in [-0.05, 0) is 26.3 Å². The Morgan fingerprint density at radius 2 is 2.17 bits per heavy atom. The van der Waals surface area contributed by atoms with E-state index >= 15 is 0 Å². The number of pyridine rings is 1. The minimum Gasteiger partial charge on any atom is -0.481 e. The van der Waals surface area contributed by atoms with E-state index in [1.807, 2.05) is 13.8 Å². The summed E-state index contributed by atoms with van der Waals surface area (Å²) in [6.45, 7) is 4.40. The Hall–Kier alpha value is -2.15. The maximum absolute atomic E-state index is 12.5. The number of carbonyl (C=O) groups is 2. The minimum atomic E-state index is -1.03. The van der Waals surface area contributed by atoms with Gasteiger partial charge in [0.1, 0.15) is 5.41 Å². The number of carboxylic acid groups (broad SMARTS) is 1. The van der Waals surface area contributed by atoms with Gasteiger partial charge in [0.25, 0.3) is 5.91 Å². The van der Waals surface area contributed by atoms with Crippen LogP contribution in [0.4, 0.5) is 0 Å². The highest BCUT2D eigenvalue weighted by molar-refractivity contribution is 5.94. The molecule has 0 spiro atoms. The van der Waals surface area contributed by atoms with Crippen molar-refractivity contribution in [3.8, 4) is 5.88 Å². The van der Waals surface area contributed by atoms with Crippen molar-refractivity contribution in [1.29, 1.82) is 0 Å². The topological polar surface area (TPSA) is 89.0 Å². The molecule has 1 N–H and O–H groups in total. The molecule has 1 atom stereocenters. The molecule has 0 aliphatic carbocycles. The van der Waals surface area contributed by atoms with Crippen LogP contribution in [0.5, 0.6) is 5.88 Å². The molecule has 1 fully saturated rings. The lowest BCUT2D eigenvalue weighted by atomic mass is 9.88. The molecule has 1 unspecified atom stereocenters. The molecule has 1 aromatic heterocycles. The van der Waals surface area contributed by atoms with Crippen LogP contribution in [0.3, 0.4) is 0 Å². The molecule has 2 heterocycles. The summed E-state index contributed by atoms with van der Waals surface area (Å²) in [5, 5.41) is 9.44. The first-order valence-electron chi connectivity index (χ1n) is 7.52. The monoisotopic (exact) mass is 322 g/mol. The van der Waals surface area contributed by atoms with Gasteiger partial charge in [0, 0.05) is 32.5 Å². The molecule has 1 aromatic rings. The van der Waals surface area contributed by atoms with E-state index in [0.29, 0.717) is 24.4 Å². The highest BCUT2D eigenvalue weighted by atomic mass is 16.5. The predicted octanol–water partition coefficient (Wildman–Crippen LogP) is 1.43. The van der Waals surface area contributed by atoms with Crippen molar-refractivity contribution >= 4 is 11.9 Å². The van der Waals surface area contributed by atoms with Crippen LogP contribution in [0.2, 0.25) is 0 Å². The first-order chi connectivity index (χ1) is 10.9. The molecule has 0 aromatic carbocycles. The van der Waals surface area contributed by atoms with Gasteiger partial charge in [-0.1, -0.05) is 0 Å². The quantitative estimate of drug-likeness (QED) is 0.852. The van der Waals surface area contributed by atoms with Crippen LogP contribution in [0, 0.1) is 5.41 Å². The third kappa shape index (κ3) is 3.79. The van der Waals surface area contributed by atoms with Gasteiger partial charge in [-0.3, -0.25) is 9.59 Å². The number of nitrogens with zero attached hydrogens (tertiary/aromatic N) is 2. The Balaban J connectivity index is 2.08. The van der Waals surface area contributed by atoms with Gasteiger partial charge in [-0.15, -0.1) is 0 Å². The fourth-order valence-electron chi connectivity index (χ4n) is 2.68. The van der Waals surface area contributed by atoms with E-state index in [9.17, 15) is 14.7 Å². The Labute approximate surface area is 135 Å². The van der Waals surface area contributed by atoms with E-state index in [0.717, 1.165) is 0 Å². The van der Waals surface area contributed by atoms with Gasteiger partial charge in [0.2, 0.25) is 5.88 Å². The van der Waals surface area contributed by atoms with Gasteiger partial charge in [-0.25, -0.2) is 4.98 Å². The third-order valence-electron chi connectivity index (χ3n) is 3.86. The maximum atomic E-state index is 12.5. The van der Waals surface area contributed by atoms with Crippen molar-refractivity contribution in [3.05, 3.63) is 23.9 Å². The summed E-state index contributed by atoms with van der Waals surface area (Å²) < 4.78 is 10.5. The smallest absolute Gasteiger partial charge is 0.313 e. The first kappa shape index (κ1) is 17.2. The number of aromatic nitrogens is 1. The van der Waals surface area contributed by atoms with Crippen LogP contribution in [0.15, 0.2) is 18.3 Å². The van der Waals surface area contributed by atoms with Crippen molar-refractivity contribution < 1.29 is 24.2 Å². The summed E-state index contributed by atoms with van der Waals surface area (Å²) in [6.07, 6.45) is 1.84. The van der Waals surface area contributed by atoms with Gasteiger partial charge in [0.05, 0.1) is 18.3 Å². The lowest BCUT2D eigenvalue weighted by Crippen LogP contribution is -2.40. The predicted molar refractivity (Wildman–Crippen MR) is 82.5 cm³/mol. The summed E-state index contributed by atoms with van der Waals surface area (Å²) in [4.78, 5) is 29.7. The van der Waals surface area contributed by atoms with Crippen molar-refractivity contribution in [2.24, 2.45) is 5.41 Å². The summed E-state index contributed by atoms with van der Waals surface area (Å²) in [5.74, 6) is -0.710. The van der Waals surface area contributed by atoms with Crippen molar-refractivity contribution in [2.45, 2.75) is 26.4 Å². The molecular weight excluding hydrogens is 300 g/mol. The highest BCUT2D eigenvalue weighted by Crippen LogP contribution is 2.32. The first-order valence-corrected chi connectivity index (χ1v) is 7.52. The number of amides is 1. The van der Waals surface area contributed by atoms with Crippen molar-refractivity contribution in [3.63, 3.8) is 0 Å². The highest BCUT2D eigenvalue weighted by Gasteiger charge is 2.46. The number of aliphatic carboxylic acids is 1. The fraction of sp³-hybridized carbons (Fsp3) is 0.562. The molecule has 2 rings (SSSR count). The van der Waals surface area contributed by atoms with Crippen LogP contribution in [-0.2, 0) is 9.53 Å². The average Bonchev–Trinajstić information content (AvgIpc) is 2.93. The molecule has 7 heteroatoms. The Morgan fingerprint density at radius 1 is 1.43 bits per heavy atom. The molecule has 23 heavy (non-hydrogen) atoms. The Morgan fingerprint density at radius 3 is 2.70 bits per heavy atom. The lowest BCUT2D eigenvalue weighted by molar-refractivity contribution is -0.151. The zero-order chi connectivity index (χ0) is 17.0. The Kier molecular flexibility index (Phi) is 5.20. The number of carbonyl (C=O) groups excluding carboxylic acids is 1. The number of hydrogen-bond acceptors (Lipinski definition) is 5. The minimum absolute atomic E-state index is 0.00728. The molecule has 126 valence electrons. The average molecular weight is 322 g/mol. The number of ether oxygens (including phenoxy) is 2. The summed E-state index contributed by atoms with van der Waals surface area (Å²) >= 11 is 0. The number of likely N-dealkylation sites (tertiary alicyclic amines) is 1. The van der Waals surface area contributed by atoms with Crippen LogP contribution >= 0.6 is 0 Å². The van der Waals surface area contributed by atoms with Crippen LogP contribution in [0.1, 0.15) is 30.6 Å². The summed E-state index contributed by atoms with van der Waals surface area (Å²) in [6, 6.07) is 3.28. The molecule has 1 saturated heterocycles. The second-order valence-electron chi connectivity index (χ2n) is 6.05. The molecular formula is C16H22N2O5. The number of carboxylic acids is 1. The van der Waals surface area contributed by atoms with Crippen molar-refractivity contribution in [2.75, 3.05) is 26.8 Å². The largest absolute Gasteiger partial charge is 0.481 e. The summed E-state index contributed by atoms with van der Waals surface area (Å²) in [5.41, 5.74) is -0.613. The zero-order valence-corrected chi connectivity index (χ0v) is 13.6. The molecule has 1 aliphatic heterocycles. The SMILES string of the molecule is COCC1(C(=O)O)CCN(C(=O)c2ccc(OC(C)C)nc2)C1. The van der Waals surface area contributed by atoms with E-state index in [-0.39, 0.29) is 25.2 Å². The standard InChI is InChI=1S/C16H22N2O5/c1-11(2)23-13-5-4-12(8-17-13)14(19)18-7-6-16(9-18,10-22-3)15(20)21/h4-5,8,11H,6-7,9-10H2,1-3H3,(H,20,21). The van der Waals surface area contributed by atoms with Gasteiger partial charge in [-0.2, -0.15) is 0 Å². The summed E-state index contributed by atoms with van der Waals surface area (Å²) in [7, 11) is 1.46.